The average molecular weight is 461 g/mol. The second-order valence-electron chi connectivity index (χ2n) is 7.79. The van der Waals surface area contributed by atoms with Crippen LogP contribution >= 0.6 is 0 Å². The molecule has 2 saturated heterocycles. The summed E-state index contributed by atoms with van der Waals surface area (Å²) in [6, 6.07) is 11.5. The molecule has 1 amide bonds. The second kappa shape index (κ2) is 8.32. The summed E-state index contributed by atoms with van der Waals surface area (Å²) in [4.78, 5) is 39.0. The molecule has 172 valence electrons. The van der Waals surface area contributed by atoms with Crippen LogP contribution in [0, 0.1) is 5.92 Å². The van der Waals surface area contributed by atoms with E-state index in [2.05, 4.69) is 10.3 Å². The molecule has 3 N–H and O–H groups in total. The van der Waals surface area contributed by atoms with Crippen molar-refractivity contribution in [2.75, 3.05) is 6.54 Å². The summed E-state index contributed by atoms with van der Waals surface area (Å²) in [6.45, 7) is 0.746. The largest absolute Gasteiger partial charge is 0.490 e. The predicted octanol–water partition coefficient (Wildman–Crippen LogP) is 2.42. The molecule has 33 heavy (non-hydrogen) atoms. The summed E-state index contributed by atoms with van der Waals surface area (Å²) >= 11 is 0. The van der Waals surface area contributed by atoms with Gasteiger partial charge in [0, 0.05) is 11.9 Å². The van der Waals surface area contributed by atoms with Gasteiger partial charge in [0.05, 0.1) is 17.3 Å². The van der Waals surface area contributed by atoms with E-state index in [1.807, 2.05) is 42.5 Å². The number of pyridine rings is 1. The quantitative estimate of drug-likeness (QED) is 0.601. The third-order valence-corrected chi connectivity index (χ3v) is 5.77. The molecule has 3 aliphatic heterocycles. The van der Waals surface area contributed by atoms with Gasteiger partial charge in [-0.25, -0.2) is 14.6 Å². The minimum atomic E-state index is -5.08. The van der Waals surface area contributed by atoms with E-state index in [1.165, 1.54) is 4.90 Å². The van der Waals surface area contributed by atoms with Crippen LogP contribution in [0.2, 0.25) is 0 Å². The lowest BCUT2D eigenvalue weighted by molar-refractivity contribution is -0.192. The Kier molecular flexibility index (Phi) is 5.66. The van der Waals surface area contributed by atoms with Crippen LogP contribution in [0.4, 0.5) is 13.2 Å². The Bertz CT molecular complexity index is 1210. The average Bonchev–Trinajstić information content (AvgIpc) is 3.17. The molecule has 5 rings (SSSR count). The van der Waals surface area contributed by atoms with Crippen molar-refractivity contribution in [3.63, 3.8) is 0 Å². The SMILES string of the molecule is O=C(O)C(F)(F)F.O=C(O)C1=C(/C=C/c2ccc3ccccc3n2)C[C@@H]2CN[C@@H]3C(=O)N1[C@H]23. The van der Waals surface area contributed by atoms with Crippen LogP contribution in [0.1, 0.15) is 12.1 Å². The normalized spacial score (nSPS) is 23.8. The number of β-lactam (4-membered cyclic amide) rings is 1. The molecule has 0 unspecified atom stereocenters. The van der Waals surface area contributed by atoms with Crippen LogP contribution < -0.4 is 5.32 Å². The lowest BCUT2D eigenvalue weighted by Gasteiger charge is -2.48. The number of nitrogens with zero attached hydrogens (tertiary/aromatic N) is 2. The molecular formula is C22H18F3N3O5. The second-order valence-corrected chi connectivity index (χ2v) is 7.79. The van der Waals surface area contributed by atoms with Crippen LogP contribution in [-0.4, -0.2) is 62.7 Å². The van der Waals surface area contributed by atoms with Crippen molar-refractivity contribution in [2.24, 2.45) is 5.92 Å². The first-order valence-corrected chi connectivity index (χ1v) is 9.95. The van der Waals surface area contributed by atoms with Crippen molar-refractivity contribution in [2.45, 2.75) is 24.7 Å². The highest BCUT2D eigenvalue weighted by Gasteiger charge is 2.59. The number of para-hydroxylation sites is 1. The van der Waals surface area contributed by atoms with Gasteiger partial charge in [-0.1, -0.05) is 30.3 Å². The molecule has 1 aromatic heterocycles. The number of carboxylic acid groups (broad SMARTS) is 2. The maximum Gasteiger partial charge on any atom is 0.490 e. The zero-order valence-electron chi connectivity index (χ0n) is 16.9. The fourth-order valence-corrected chi connectivity index (χ4v) is 4.33. The summed E-state index contributed by atoms with van der Waals surface area (Å²) in [5.41, 5.74) is 2.46. The highest BCUT2D eigenvalue weighted by atomic mass is 19.4. The minimum Gasteiger partial charge on any atom is -0.477 e. The van der Waals surface area contributed by atoms with Crippen LogP contribution in [0.5, 0.6) is 0 Å². The summed E-state index contributed by atoms with van der Waals surface area (Å²) in [5, 5.41) is 21.0. The molecule has 8 nitrogen and oxygen atoms in total. The molecule has 4 heterocycles. The van der Waals surface area contributed by atoms with Crippen molar-refractivity contribution in [1.29, 1.82) is 0 Å². The van der Waals surface area contributed by atoms with Crippen molar-refractivity contribution in [3.8, 4) is 0 Å². The Balaban J connectivity index is 0.000000325. The van der Waals surface area contributed by atoms with Crippen molar-refractivity contribution >= 4 is 34.8 Å². The van der Waals surface area contributed by atoms with Gasteiger partial charge >= 0.3 is 18.1 Å². The molecule has 0 aliphatic carbocycles. The van der Waals surface area contributed by atoms with E-state index in [9.17, 15) is 27.9 Å². The number of hydrogen-bond acceptors (Lipinski definition) is 5. The summed E-state index contributed by atoms with van der Waals surface area (Å²) in [7, 11) is 0. The molecule has 3 atom stereocenters. The minimum absolute atomic E-state index is 0.00968. The van der Waals surface area contributed by atoms with Crippen molar-refractivity contribution in [1.82, 2.24) is 15.2 Å². The highest BCUT2D eigenvalue weighted by molar-refractivity contribution is 6.01. The molecular weight excluding hydrogens is 443 g/mol. The summed E-state index contributed by atoms with van der Waals surface area (Å²) in [5.74, 6) is -3.67. The summed E-state index contributed by atoms with van der Waals surface area (Å²) < 4.78 is 31.7. The number of fused-ring (bicyclic) bond motifs is 1. The van der Waals surface area contributed by atoms with E-state index in [0.29, 0.717) is 12.0 Å². The first kappa shape index (κ1) is 22.5. The van der Waals surface area contributed by atoms with Gasteiger partial charge in [-0.2, -0.15) is 13.2 Å². The molecule has 2 fully saturated rings. The molecule has 0 spiro atoms. The molecule has 0 bridgehead atoms. The number of halogens is 3. The van der Waals surface area contributed by atoms with E-state index in [1.54, 1.807) is 6.08 Å². The molecule has 3 aliphatic rings. The number of allylic oxidation sites excluding steroid dienone is 2. The number of alkyl halides is 3. The number of carbonyl (C=O) groups excluding carboxylic acids is 1. The monoisotopic (exact) mass is 461 g/mol. The van der Waals surface area contributed by atoms with E-state index >= 15 is 0 Å². The van der Waals surface area contributed by atoms with Gasteiger partial charge < -0.3 is 15.5 Å². The first-order valence-electron chi connectivity index (χ1n) is 9.95. The van der Waals surface area contributed by atoms with Crippen LogP contribution in [0.25, 0.3) is 17.0 Å². The number of aliphatic carboxylic acids is 2. The smallest absolute Gasteiger partial charge is 0.477 e. The standard InChI is InChI=1S/C20H17N3O3.C2HF3O2/c24-19-16-17-13(10-21-16)9-12(18(20(25)26)23(17)19)6-8-14-7-5-11-3-1-2-4-15(11)22-14;3-2(4,5)1(6)7/h1-8,13,16-17,21H,9-10H2,(H,25,26);(H,6,7)/b8-6+;/t13-,16+,17-;/m1./s1. The van der Waals surface area contributed by atoms with Crippen molar-refractivity contribution < 1.29 is 37.8 Å². The third kappa shape index (κ3) is 4.19. The third-order valence-electron chi connectivity index (χ3n) is 5.77. The van der Waals surface area contributed by atoms with Gasteiger partial charge in [0.1, 0.15) is 11.7 Å². The number of hydrogen-bond donors (Lipinski definition) is 3. The fourth-order valence-electron chi connectivity index (χ4n) is 4.33. The van der Waals surface area contributed by atoms with Crippen LogP contribution in [-0.2, 0) is 14.4 Å². The van der Waals surface area contributed by atoms with Gasteiger partial charge in [-0.15, -0.1) is 0 Å². The van der Waals surface area contributed by atoms with Gasteiger partial charge in [0.15, 0.2) is 0 Å². The number of rotatable bonds is 3. The number of carbonyl (C=O) groups is 3. The van der Waals surface area contributed by atoms with E-state index in [-0.39, 0.29) is 29.6 Å². The van der Waals surface area contributed by atoms with Gasteiger partial charge in [0.25, 0.3) is 0 Å². The fraction of sp³-hybridized carbons (Fsp3) is 0.273. The van der Waals surface area contributed by atoms with Gasteiger partial charge in [0.2, 0.25) is 5.91 Å². The Labute approximate surface area is 185 Å². The summed E-state index contributed by atoms with van der Waals surface area (Å²) in [6.07, 6.45) is -0.797. The number of aromatic nitrogens is 1. The molecule has 0 radical (unpaired) electrons. The molecule has 0 saturated carbocycles. The predicted molar refractivity (Wildman–Crippen MR) is 110 cm³/mol. The molecule has 11 heteroatoms. The van der Waals surface area contributed by atoms with E-state index in [4.69, 9.17) is 9.90 Å². The zero-order chi connectivity index (χ0) is 23.9. The van der Waals surface area contributed by atoms with Gasteiger partial charge in [-0.05, 0) is 36.1 Å². The topological polar surface area (TPSA) is 120 Å². The van der Waals surface area contributed by atoms with E-state index in [0.717, 1.165) is 23.1 Å². The number of carboxylic acids is 2. The zero-order valence-corrected chi connectivity index (χ0v) is 16.9. The Morgan fingerprint density at radius 2 is 1.82 bits per heavy atom. The van der Waals surface area contributed by atoms with Crippen LogP contribution in [0.3, 0.4) is 0 Å². The van der Waals surface area contributed by atoms with Crippen LogP contribution in [0.15, 0.2) is 53.7 Å². The number of amides is 1. The highest BCUT2D eigenvalue weighted by Crippen LogP contribution is 2.43. The number of nitrogens with one attached hydrogen (secondary N) is 1. The maximum absolute atomic E-state index is 12.3. The lowest BCUT2D eigenvalue weighted by atomic mass is 9.79. The lowest BCUT2D eigenvalue weighted by Crippen LogP contribution is -2.68. The van der Waals surface area contributed by atoms with E-state index < -0.39 is 18.1 Å². The van der Waals surface area contributed by atoms with Gasteiger partial charge in [-0.3, -0.25) is 9.69 Å². The maximum atomic E-state index is 12.3. The Hall–Kier alpha value is -3.73. The van der Waals surface area contributed by atoms with Crippen molar-refractivity contribution in [3.05, 3.63) is 59.4 Å². The number of benzene rings is 1. The first-order chi connectivity index (χ1) is 15.6. The Morgan fingerprint density at radius 3 is 2.48 bits per heavy atom. The Morgan fingerprint density at radius 1 is 1.12 bits per heavy atom. The molecule has 1 aromatic carbocycles. The molecule has 2 aromatic rings.